The lowest BCUT2D eigenvalue weighted by Crippen LogP contribution is -2.29. The number of hydrogen-bond donors (Lipinski definition) is 0. The van der Waals surface area contributed by atoms with Gasteiger partial charge in [-0.15, -0.1) is 0 Å². The van der Waals surface area contributed by atoms with Crippen LogP contribution in [0.25, 0.3) is 11.3 Å². The second kappa shape index (κ2) is 6.94. The van der Waals surface area contributed by atoms with Crippen molar-refractivity contribution in [1.29, 1.82) is 0 Å². The highest BCUT2D eigenvalue weighted by Crippen LogP contribution is 2.33. The zero-order chi connectivity index (χ0) is 19.0. The van der Waals surface area contributed by atoms with Crippen LogP contribution in [0.15, 0.2) is 64.0 Å². The van der Waals surface area contributed by atoms with Gasteiger partial charge in [0, 0.05) is 24.7 Å². The summed E-state index contributed by atoms with van der Waals surface area (Å²) >= 11 is 0. The first kappa shape index (κ1) is 17.9. The van der Waals surface area contributed by atoms with E-state index in [4.69, 9.17) is 4.52 Å². The van der Waals surface area contributed by atoms with Crippen LogP contribution in [0.2, 0.25) is 0 Å². The molecule has 0 radical (unpaired) electrons. The molecule has 27 heavy (non-hydrogen) atoms. The van der Waals surface area contributed by atoms with Crippen LogP contribution in [-0.2, 0) is 10.0 Å². The maximum atomic E-state index is 13.3. The summed E-state index contributed by atoms with van der Waals surface area (Å²) in [5.41, 5.74) is 3.41. The first-order valence-electron chi connectivity index (χ1n) is 9.04. The van der Waals surface area contributed by atoms with Gasteiger partial charge in [-0.3, -0.25) is 0 Å². The lowest BCUT2D eigenvalue weighted by Gasteiger charge is -2.18. The Morgan fingerprint density at radius 1 is 1.07 bits per heavy atom. The summed E-state index contributed by atoms with van der Waals surface area (Å²) in [6.07, 6.45) is 0.837. The van der Waals surface area contributed by atoms with E-state index >= 15 is 0 Å². The van der Waals surface area contributed by atoms with Gasteiger partial charge in [0.25, 0.3) is 0 Å². The molecule has 6 heteroatoms. The fraction of sp³-hybridized carbons (Fsp3) is 0.286. The minimum absolute atomic E-state index is 0.237. The van der Waals surface area contributed by atoms with E-state index in [2.05, 4.69) is 17.3 Å². The Labute approximate surface area is 159 Å². The van der Waals surface area contributed by atoms with Crippen LogP contribution in [0.4, 0.5) is 0 Å². The number of nitrogens with zero attached hydrogens (tertiary/aromatic N) is 2. The molecule has 4 rings (SSSR count). The van der Waals surface area contributed by atoms with Crippen LogP contribution in [0.3, 0.4) is 0 Å². The molecule has 2 heterocycles. The quantitative estimate of drug-likeness (QED) is 0.680. The molecule has 140 valence electrons. The van der Waals surface area contributed by atoms with Crippen molar-refractivity contribution in [2.45, 2.75) is 31.1 Å². The van der Waals surface area contributed by atoms with Crippen molar-refractivity contribution in [2.24, 2.45) is 0 Å². The van der Waals surface area contributed by atoms with Crippen molar-refractivity contribution < 1.29 is 12.9 Å². The van der Waals surface area contributed by atoms with Crippen LogP contribution in [0.1, 0.15) is 29.2 Å². The molecule has 1 atom stereocenters. The molecule has 1 aliphatic heterocycles. The monoisotopic (exact) mass is 382 g/mol. The van der Waals surface area contributed by atoms with Crippen molar-refractivity contribution in [2.75, 3.05) is 13.1 Å². The molecule has 0 aliphatic carbocycles. The molecule has 0 spiro atoms. The summed E-state index contributed by atoms with van der Waals surface area (Å²) in [4.78, 5) is 0.336. The summed E-state index contributed by atoms with van der Waals surface area (Å²) in [7, 11) is -3.56. The topological polar surface area (TPSA) is 63.4 Å². The lowest BCUT2D eigenvalue weighted by atomic mass is 9.99. The number of benzene rings is 2. The van der Waals surface area contributed by atoms with E-state index in [-0.39, 0.29) is 5.92 Å². The predicted molar refractivity (Wildman–Crippen MR) is 104 cm³/mol. The molecule has 1 saturated heterocycles. The standard InChI is InChI=1S/C21H22N2O3S/c1-15-8-9-18(20-12-16(2)22-26-20)13-21(15)27(24,25)23-11-10-19(14-23)17-6-4-3-5-7-17/h3-9,12-13,19H,10-11,14H2,1-2H3. The van der Waals surface area contributed by atoms with E-state index in [1.807, 2.05) is 50.2 Å². The van der Waals surface area contributed by atoms with E-state index in [1.54, 1.807) is 10.4 Å². The van der Waals surface area contributed by atoms with Crippen molar-refractivity contribution in [1.82, 2.24) is 9.46 Å². The zero-order valence-electron chi connectivity index (χ0n) is 15.4. The summed E-state index contributed by atoms with van der Waals surface area (Å²) in [6, 6.07) is 17.3. The minimum Gasteiger partial charge on any atom is -0.356 e. The van der Waals surface area contributed by atoms with Gasteiger partial charge < -0.3 is 4.52 Å². The molecule has 0 bridgehead atoms. The van der Waals surface area contributed by atoms with Gasteiger partial charge >= 0.3 is 0 Å². The van der Waals surface area contributed by atoms with E-state index in [1.165, 1.54) is 5.56 Å². The van der Waals surface area contributed by atoms with Crippen LogP contribution < -0.4 is 0 Å². The maximum Gasteiger partial charge on any atom is 0.243 e. The van der Waals surface area contributed by atoms with Crippen LogP contribution >= 0.6 is 0 Å². The minimum atomic E-state index is -3.56. The molecule has 2 aromatic carbocycles. The van der Waals surface area contributed by atoms with Gasteiger partial charge in [0.05, 0.1) is 10.6 Å². The molecule has 0 N–H and O–H groups in total. The third-order valence-electron chi connectivity index (χ3n) is 5.14. The van der Waals surface area contributed by atoms with Crippen molar-refractivity contribution in [3.8, 4) is 11.3 Å². The fourth-order valence-electron chi connectivity index (χ4n) is 3.61. The Bertz CT molecular complexity index is 1060. The van der Waals surface area contributed by atoms with Crippen molar-refractivity contribution in [3.63, 3.8) is 0 Å². The van der Waals surface area contributed by atoms with Gasteiger partial charge in [0.1, 0.15) is 0 Å². The van der Waals surface area contributed by atoms with Gasteiger partial charge in [-0.2, -0.15) is 4.31 Å². The summed E-state index contributed by atoms with van der Waals surface area (Å²) in [5, 5.41) is 3.89. The number of rotatable bonds is 4. The zero-order valence-corrected chi connectivity index (χ0v) is 16.2. The molecule has 1 aliphatic rings. The van der Waals surface area contributed by atoms with Crippen molar-refractivity contribution >= 4 is 10.0 Å². The Balaban J connectivity index is 1.64. The van der Waals surface area contributed by atoms with Gasteiger partial charge in [0.15, 0.2) is 5.76 Å². The van der Waals surface area contributed by atoms with E-state index < -0.39 is 10.0 Å². The van der Waals surface area contributed by atoms with E-state index in [0.29, 0.717) is 23.7 Å². The summed E-state index contributed by atoms with van der Waals surface area (Å²) in [6.45, 7) is 4.71. The van der Waals surface area contributed by atoms with Crippen LogP contribution in [0.5, 0.6) is 0 Å². The first-order chi connectivity index (χ1) is 12.9. The highest BCUT2D eigenvalue weighted by molar-refractivity contribution is 7.89. The highest BCUT2D eigenvalue weighted by atomic mass is 32.2. The van der Waals surface area contributed by atoms with Crippen molar-refractivity contribution in [3.05, 3.63) is 71.4 Å². The molecular weight excluding hydrogens is 360 g/mol. The molecule has 1 aromatic heterocycles. The molecule has 3 aromatic rings. The average molecular weight is 382 g/mol. The fourth-order valence-corrected chi connectivity index (χ4v) is 5.36. The van der Waals surface area contributed by atoms with Gasteiger partial charge in [0.2, 0.25) is 10.0 Å². The maximum absolute atomic E-state index is 13.3. The lowest BCUT2D eigenvalue weighted by molar-refractivity contribution is 0.427. The number of aryl methyl sites for hydroxylation is 2. The molecule has 1 unspecified atom stereocenters. The number of hydrogen-bond acceptors (Lipinski definition) is 4. The third kappa shape index (κ3) is 3.42. The Kier molecular flexibility index (Phi) is 4.61. The Hall–Kier alpha value is -2.44. The molecule has 0 amide bonds. The Morgan fingerprint density at radius 2 is 1.85 bits per heavy atom. The summed E-state index contributed by atoms with van der Waals surface area (Å²) in [5.74, 6) is 0.814. The third-order valence-corrected chi connectivity index (χ3v) is 7.15. The van der Waals surface area contributed by atoms with Gasteiger partial charge in [-0.25, -0.2) is 8.42 Å². The summed E-state index contributed by atoms with van der Waals surface area (Å²) < 4.78 is 33.5. The van der Waals surface area contributed by atoms with E-state index in [0.717, 1.165) is 23.2 Å². The molecular formula is C21H22N2O3S. The van der Waals surface area contributed by atoms with Crippen LogP contribution in [-0.4, -0.2) is 31.0 Å². The first-order valence-corrected chi connectivity index (χ1v) is 10.5. The molecule has 5 nitrogen and oxygen atoms in total. The molecule has 1 fully saturated rings. The second-order valence-corrected chi connectivity index (χ2v) is 8.98. The van der Waals surface area contributed by atoms with E-state index in [9.17, 15) is 8.42 Å². The number of aromatic nitrogens is 1. The Morgan fingerprint density at radius 3 is 2.56 bits per heavy atom. The van der Waals surface area contributed by atoms with Crippen LogP contribution in [0, 0.1) is 13.8 Å². The smallest absolute Gasteiger partial charge is 0.243 e. The highest BCUT2D eigenvalue weighted by Gasteiger charge is 2.34. The SMILES string of the molecule is Cc1cc(-c2ccc(C)c(S(=O)(=O)N3CCC(c4ccccc4)C3)c2)on1. The largest absolute Gasteiger partial charge is 0.356 e. The normalized spacial score (nSPS) is 18.1. The van der Waals surface area contributed by atoms with Gasteiger partial charge in [-0.1, -0.05) is 47.6 Å². The van der Waals surface area contributed by atoms with Gasteiger partial charge in [-0.05, 0) is 43.4 Å². The number of sulfonamides is 1. The second-order valence-electron chi connectivity index (χ2n) is 7.07. The average Bonchev–Trinajstić information content (AvgIpc) is 3.32. The predicted octanol–water partition coefficient (Wildman–Crippen LogP) is 4.14. The molecule has 0 saturated carbocycles.